The van der Waals surface area contributed by atoms with E-state index in [9.17, 15) is 0 Å². The molecular formula is C10H18O2. The van der Waals surface area contributed by atoms with Crippen LogP contribution in [0.1, 0.15) is 39.5 Å². The SMILES string of the molecule is CO/C(C)=C(/C)OC1CCCC1. The Balaban J connectivity index is 2.38. The highest BCUT2D eigenvalue weighted by Crippen LogP contribution is 2.23. The lowest BCUT2D eigenvalue weighted by Gasteiger charge is -2.14. The molecule has 0 amide bonds. The molecule has 0 aromatic carbocycles. The molecule has 0 spiro atoms. The van der Waals surface area contributed by atoms with Crippen molar-refractivity contribution in [1.82, 2.24) is 0 Å². The van der Waals surface area contributed by atoms with Gasteiger partial charge >= 0.3 is 0 Å². The van der Waals surface area contributed by atoms with E-state index in [0.717, 1.165) is 11.5 Å². The first kappa shape index (κ1) is 9.43. The molecule has 1 rings (SSSR count). The van der Waals surface area contributed by atoms with Gasteiger partial charge in [-0.15, -0.1) is 0 Å². The van der Waals surface area contributed by atoms with Crippen LogP contribution in [0.2, 0.25) is 0 Å². The first-order chi connectivity index (χ1) is 5.74. The average Bonchev–Trinajstić information content (AvgIpc) is 2.55. The molecule has 0 bridgehead atoms. The van der Waals surface area contributed by atoms with E-state index in [1.807, 2.05) is 13.8 Å². The highest BCUT2D eigenvalue weighted by atomic mass is 16.5. The van der Waals surface area contributed by atoms with Gasteiger partial charge in [-0.1, -0.05) is 0 Å². The molecule has 12 heavy (non-hydrogen) atoms. The zero-order valence-corrected chi connectivity index (χ0v) is 8.22. The molecule has 0 radical (unpaired) electrons. The summed E-state index contributed by atoms with van der Waals surface area (Å²) in [6.07, 6.45) is 5.46. The van der Waals surface area contributed by atoms with Gasteiger partial charge in [0, 0.05) is 0 Å². The second-order valence-electron chi connectivity index (χ2n) is 3.34. The quantitative estimate of drug-likeness (QED) is 0.606. The molecule has 0 N–H and O–H groups in total. The van der Waals surface area contributed by atoms with Crippen molar-refractivity contribution >= 4 is 0 Å². The molecule has 0 atom stereocenters. The van der Waals surface area contributed by atoms with Crippen LogP contribution in [0, 0.1) is 0 Å². The molecule has 0 aliphatic heterocycles. The predicted molar refractivity (Wildman–Crippen MR) is 48.7 cm³/mol. The van der Waals surface area contributed by atoms with Crippen molar-refractivity contribution in [1.29, 1.82) is 0 Å². The van der Waals surface area contributed by atoms with Crippen molar-refractivity contribution < 1.29 is 9.47 Å². The molecule has 0 unspecified atom stereocenters. The van der Waals surface area contributed by atoms with Crippen LogP contribution in [0.15, 0.2) is 11.5 Å². The monoisotopic (exact) mass is 170 g/mol. The van der Waals surface area contributed by atoms with Crippen molar-refractivity contribution in [2.45, 2.75) is 45.6 Å². The van der Waals surface area contributed by atoms with E-state index in [0.29, 0.717) is 6.10 Å². The summed E-state index contributed by atoms with van der Waals surface area (Å²) >= 11 is 0. The molecule has 1 aliphatic carbocycles. The minimum absolute atomic E-state index is 0.440. The van der Waals surface area contributed by atoms with Crippen LogP contribution in [0.4, 0.5) is 0 Å². The van der Waals surface area contributed by atoms with Gasteiger partial charge in [-0.25, -0.2) is 0 Å². The molecule has 0 aromatic rings. The number of methoxy groups -OCH3 is 1. The molecule has 0 saturated heterocycles. The maximum absolute atomic E-state index is 5.72. The zero-order valence-electron chi connectivity index (χ0n) is 8.22. The number of rotatable bonds is 3. The number of hydrogen-bond donors (Lipinski definition) is 0. The lowest BCUT2D eigenvalue weighted by atomic mass is 10.3. The summed E-state index contributed by atoms with van der Waals surface area (Å²) < 4.78 is 10.8. The topological polar surface area (TPSA) is 18.5 Å². The van der Waals surface area contributed by atoms with Crippen LogP contribution in [-0.4, -0.2) is 13.2 Å². The molecule has 2 heteroatoms. The minimum atomic E-state index is 0.440. The third-order valence-corrected chi connectivity index (χ3v) is 2.45. The molecular weight excluding hydrogens is 152 g/mol. The number of allylic oxidation sites excluding steroid dienone is 2. The molecule has 0 aromatic heterocycles. The Bertz CT molecular complexity index is 167. The summed E-state index contributed by atoms with van der Waals surface area (Å²) in [5, 5.41) is 0. The molecule has 2 nitrogen and oxygen atoms in total. The van der Waals surface area contributed by atoms with E-state index < -0.39 is 0 Å². The highest BCUT2D eigenvalue weighted by molar-refractivity contribution is 4.95. The van der Waals surface area contributed by atoms with E-state index in [2.05, 4.69) is 0 Å². The first-order valence-corrected chi connectivity index (χ1v) is 4.62. The molecule has 0 heterocycles. The fourth-order valence-corrected chi connectivity index (χ4v) is 1.48. The van der Waals surface area contributed by atoms with Gasteiger partial charge in [0.15, 0.2) is 0 Å². The molecule has 1 fully saturated rings. The van der Waals surface area contributed by atoms with E-state index in [-0.39, 0.29) is 0 Å². The smallest absolute Gasteiger partial charge is 0.130 e. The van der Waals surface area contributed by atoms with Gasteiger partial charge in [-0.05, 0) is 39.5 Å². The molecule has 70 valence electrons. The Labute approximate surface area is 74.6 Å². The van der Waals surface area contributed by atoms with Crippen LogP contribution in [0.3, 0.4) is 0 Å². The fourth-order valence-electron chi connectivity index (χ4n) is 1.48. The summed E-state index contributed by atoms with van der Waals surface area (Å²) in [5.41, 5.74) is 0. The van der Waals surface area contributed by atoms with E-state index >= 15 is 0 Å². The zero-order chi connectivity index (χ0) is 8.97. The Morgan fingerprint density at radius 3 is 2.17 bits per heavy atom. The van der Waals surface area contributed by atoms with Gasteiger partial charge in [-0.2, -0.15) is 0 Å². The lowest BCUT2D eigenvalue weighted by Crippen LogP contribution is -2.07. The predicted octanol–water partition coefficient (Wildman–Crippen LogP) is 2.84. The van der Waals surface area contributed by atoms with Gasteiger partial charge in [0.2, 0.25) is 0 Å². The summed E-state index contributed by atoms with van der Waals surface area (Å²) in [7, 11) is 1.68. The van der Waals surface area contributed by atoms with Crippen molar-refractivity contribution in [3.63, 3.8) is 0 Å². The molecule has 1 aliphatic rings. The van der Waals surface area contributed by atoms with E-state index in [4.69, 9.17) is 9.47 Å². The van der Waals surface area contributed by atoms with Crippen LogP contribution < -0.4 is 0 Å². The fraction of sp³-hybridized carbons (Fsp3) is 0.800. The van der Waals surface area contributed by atoms with Crippen LogP contribution >= 0.6 is 0 Å². The maximum atomic E-state index is 5.72. The third-order valence-electron chi connectivity index (χ3n) is 2.45. The first-order valence-electron chi connectivity index (χ1n) is 4.62. The third kappa shape index (κ3) is 2.43. The van der Waals surface area contributed by atoms with Gasteiger partial charge in [0.1, 0.15) is 11.5 Å². The van der Waals surface area contributed by atoms with Crippen LogP contribution in [0.25, 0.3) is 0 Å². The van der Waals surface area contributed by atoms with E-state index in [1.54, 1.807) is 7.11 Å². The maximum Gasteiger partial charge on any atom is 0.130 e. The second-order valence-corrected chi connectivity index (χ2v) is 3.34. The van der Waals surface area contributed by atoms with Crippen molar-refractivity contribution in [2.24, 2.45) is 0 Å². The van der Waals surface area contributed by atoms with Gasteiger partial charge in [-0.3, -0.25) is 0 Å². The Hall–Kier alpha value is -0.660. The summed E-state index contributed by atoms with van der Waals surface area (Å²) in [6, 6.07) is 0. The highest BCUT2D eigenvalue weighted by Gasteiger charge is 2.16. The standard InChI is InChI=1S/C10H18O2/c1-8(11-3)9(2)12-10-6-4-5-7-10/h10H,4-7H2,1-3H3/b9-8-. The Kier molecular flexibility index (Phi) is 3.45. The van der Waals surface area contributed by atoms with E-state index in [1.165, 1.54) is 25.7 Å². The summed E-state index contributed by atoms with van der Waals surface area (Å²) in [5.74, 6) is 1.83. The molecule has 1 saturated carbocycles. The minimum Gasteiger partial charge on any atom is -0.498 e. The Morgan fingerprint density at radius 2 is 1.67 bits per heavy atom. The second kappa shape index (κ2) is 4.39. The van der Waals surface area contributed by atoms with Crippen molar-refractivity contribution in [3.05, 3.63) is 11.5 Å². The largest absolute Gasteiger partial charge is 0.498 e. The summed E-state index contributed by atoms with van der Waals surface area (Å²) in [4.78, 5) is 0. The van der Waals surface area contributed by atoms with Crippen LogP contribution in [-0.2, 0) is 9.47 Å². The van der Waals surface area contributed by atoms with Gasteiger partial charge in [0.25, 0.3) is 0 Å². The lowest BCUT2D eigenvalue weighted by molar-refractivity contribution is 0.106. The Morgan fingerprint density at radius 1 is 1.08 bits per heavy atom. The van der Waals surface area contributed by atoms with Crippen LogP contribution in [0.5, 0.6) is 0 Å². The van der Waals surface area contributed by atoms with Crippen molar-refractivity contribution in [2.75, 3.05) is 7.11 Å². The normalized spacial score (nSPS) is 20.6. The summed E-state index contributed by atoms with van der Waals surface area (Å²) in [6.45, 7) is 3.90. The van der Waals surface area contributed by atoms with Gasteiger partial charge in [0.05, 0.1) is 13.2 Å². The van der Waals surface area contributed by atoms with Gasteiger partial charge < -0.3 is 9.47 Å². The number of hydrogen-bond acceptors (Lipinski definition) is 2. The average molecular weight is 170 g/mol. The number of ether oxygens (including phenoxy) is 2. The van der Waals surface area contributed by atoms with Crippen molar-refractivity contribution in [3.8, 4) is 0 Å².